The number of benzene rings is 1. The van der Waals surface area contributed by atoms with Crippen LogP contribution >= 0.6 is 15.9 Å². The third-order valence-corrected chi connectivity index (χ3v) is 6.14. The summed E-state index contributed by atoms with van der Waals surface area (Å²) in [6.45, 7) is 1.62. The van der Waals surface area contributed by atoms with Crippen molar-refractivity contribution in [2.75, 3.05) is 0 Å². The van der Waals surface area contributed by atoms with Crippen molar-refractivity contribution in [3.05, 3.63) is 33.9 Å². The Bertz CT molecular complexity index is 632. The molecular formula is C12H15BrN2O4S. The van der Waals surface area contributed by atoms with Gasteiger partial charge in [-0.25, -0.2) is 13.1 Å². The third kappa shape index (κ3) is 3.18. The Morgan fingerprint density at radius 3 is 2.65 bits per heavy atom. The van der Waals surface area contributed by atoms with E-state index in [2.05, 4.69) is 20.7 Å². The molecule has 0 aromatic heterocycles. The molecule has 0 heterocycles. The van der Waals surface area contributed by atoms with Crippen molar-refractivity contribution in [1.82, 2.24) is 4.72 Å². The van der Waals surface area contributed by atoms with Crippen LogP contribution in [0.15, 0.2) is 23.1 Å². The molecule has 1 fully saturated rings. The molecule has 1 N–H and O–H groups in total. The van der Waals surface area contributed by atoms with Gasteiger partial charge in [0.05, 0.1) is 9.82 Å². The van der Waals surface area contributed by atoms with Gasteiger partial charge in [-0.15, -0.1) is 0 Å². The van der Waals surface area contributed by atoms with Crippen LogP contribution in [0.1, 0.15) is 24.8 Å². The highest BCUT2D eigenvalue weighted by molar-refractivity contribution is 9.09. The number of alkyl halides is 1. The monoisotopic (exact) mass is 362 g/mol. The van der Waals surface area contributed by atoms with Crippen LogP contribution in [0.25, 0.3) is 0 Å². The Balaban J connectivity index is 2.33. The molecule has 6 nitrogen and oxygen atoms in total. The fourth-order valence-corrected chi connectivity index (χ4v) is 4.77. The summed E-state index contributed by atoms with van der Waals surface area (Å²) >= 11 is 3.45. The van der Waals surface area contributed by atoms with Gasteiger partial charge >= 0.3 is 0 Å². The number of hydrogen-bond donors (Lipinski definition) is 1. The van der Waals surface area contributed by atoms with Crippen molar-refractivity contribution in [2.45, 2.75) is 42.0 Å². The summed E-state index contributed by atoms with van der Waals surface area (Å²) in [7, 11) is -3.75. The lowest BCUT2D eigenvalue weighted by Gasteiger charge is -2.17. The minimum atomic E-state index is -3.75. The number of nitrogens with zero attached hydrogens (tertiary/aromatic N) is 1. The number of rotatable bonds is 4. The SMILES string of the molecule is Cc1ccc([N+](=O)[O-])cc1S(=O)(=O)NC1CCCC1Br. The van der Waals surface area contributed by atoms with Gasteiger partial charge in [-0.05, 0) is 25.3 Å². The molecule has 2 unspecified atom stereocenters. The minimum absolute atomic E-state index is 0.0294. The summed E-state index contributed by atoms with van der Waals surface area (Å²) in [5, 5.41) is 10.8. The lowest BCUT2D eigenvalue weighted by atomic mass is 10.2. The molecule has 0 amide bonds. The first-order valence-electron chi connectivity index (χ1n) is 6.23. The van der Waals surface area contributed by atoms with E-state index in [9.17, 15) is 18.5 Å². The number of non-ortho nitro benzene ring substituents is 1. The lowest BCUT2D eigenvalue weighted by Crippen LogP contribution is -2.37. The van der Waals surface area contributed by atoms with Crippen molar-refractivity contribution in [2.24, 2.45) is 0 Å². The second-order valence-electron chi connectivity index (χ2n) is 4.88. The quantitative estimate of drug-likeness (QED) is 0.506. The number of sulfonamides is 1. The number of hydrogen-bond acceptors (Lipinski definition) is 4. The summed E-state index contributed by atoms with van der Waals surface area (Å²) < 4.78 is 27.4. The molecule has 110 valence electrons. The number of nitro benzene ring substituents is 1. The van der Waals surface area contributed by atoms with Gasteiger partial charge in [0.25, 0.3) is 5.69 Å². The average molecular weight is 363 g/mol. The predicted octanol–water partition coefficient (Wildman–Crippen LogP) is 2.50. The molecule has 0 bridgehead atoms. The van der Waals surface area contributed by atoms with Crippen LogP contribution in [0.5, 0.6) is 0 Å². The Labute approximate surface area is 125 Å². The molecule has 20 heavy (non-hydrogen) atoms. The predicted molar refractivity (Wildman–Crippen MR) is 78.5 cm³/mol. The van der Waals surface area contributed by atoms with Crippen LogP contribution in [0, 0.1) is 17.0 Å². The third-order valence-electron chi connectivity index (χ3n) is 3.41. The van der Waals surface area contributed by atoms with Crippen LogP contribution in [-0.4, -0.2) is 24.2 Å². The number of nitro groups is 1. The molecule has 1 aromatic carbocycles. The fourth-order valence-electron chi connectivity index (χ4n) is 2.30. The zero-order chi connectivity index (χ0) is 14.9. The minimum Gasteiger partial charge on any atom is -0.258 e. The summed E-state index contributed by atoms with van der Waals surface area (Å²) in [4.78, 5) is 10.3. The molecule has 2 atom stereocenters. The number of halogens is 1. The summed E-state index contributed by atoms with van der Waals surface area (Å²) in [5.74, 6) is 0. The normalized spacial score (nSPS) is 22.9. The van der Waals surface area contributed by atoms with Crippen molar-refractivity contribution in [3.63, 3.8) is 0 Å². The summed E-state index contributed by atoms with van der Waals surface area (Å²) in [6.07, 6.45) is 2.64. The van der Waals surface area contributed by atoms with Crippen LogP contribution in [0.4, 0.5) is 5.69 Å². The van der Waals surface area contributed by atoms with Crippen molar-refractivity contribution in [3.8, 4) is 0 Å². The Morgan fingerprint density at radius 2 is 2.10 bits per heavy atom. The second-order valence-corrected chi connectivity index (χ2v) is 7.74. The van der Waals surface area contributed by atoms with E-state index in [0.29, 0.717) is 5.56 Å². The Kier molecular flexibility index (Phi) is 4.46. The summed E-state index contributed by atoms with van der Waals surface area (Å²) in [6, 6.07) is 3.69. The Morgan fingerprint density at radius 1 is 1.40 bits per heavy atom. The highest BCUT2D eigenvalue weighted by atomic mass is 79.9. The molecule has 1 aliphatic carbocycles. The first-order valence-corrected chi connectivity index (χ1v) is 8.62. The topological polar surface area (TPSA) is 89.3 Å². The zero-order valence-electron chi connectivity index (χ0n) is 10.9. The smallest absolute Gasteiger partial charge is 0.258 e. The van der Waals surface area contributed by atoms with Crippen molar-refractivity contribution in [1.29, 1.82) is 0 Å². The van der Waals surface area contributed by atoms with Gasteiger partial charge < -0.3 is 0 Å². The lowest BCUT2D eigenvalue weighted by molar-refractivity contribution is -0.385. The van der Waals surface area contributed by atoms with Crippen molar-refractivity contribution < 1.29 is 13.3 Å². The highest BCUT2D eigenvalue weighted by Gasteiger charge is 2.30. The molecule has 2 rings (SSSR count). The molecule has 8 heteroatoms. The van der Waals surface area contributed by atoms with Crippen LogP contribution in [-0.2, 0) is 10.0 Å². The van der Waals surface area contributed by atoms with Gasteiger partial charge in [-0.2, -0.15) is 0 Å². The van der Waals surface area contributed by atoms with E-state index < -0.39 is 14.9 Å². The molecule has 0 aliphatic heterocycles. The van der Waals surface area contributed by atoms with Gasteiger partial charge in [0, 0.05) is 23.0 Å². The average Bonchev–Trinajstić information content (AvgIpc) is 2.74. The highest BCUT2D eigenvalue weighted by Crippen LogP contribution is 2.28. The number of nitrogens with one attached hydrogen (secondary N) is 1. The van der Waals surface area contributed by atoms with E-state index in [4.69, 9.17) is 0 Å². The van der Waals surface area contributed by atoms with Gasteiger partial charge in [-0.3, -0.25) is 10.1 Å². The van der Waals surface area contributed by atoms with E-state index in [0.717, 1.165) is 25.3 Å². The Hall–Kier alpha value is -0.990. The van der Waals surface area contributed by atoms with E-state index in [-0.39, 0.29) is 21.5 Å². The fraction of sp³-hybridized carbons (Fsp3) is 0.500. The van der Waals surface area contributed by atoms with E-state index in [1.165, 1.54) is 12.1 Å². The molecule has 1 aromatic rings. The second kappa shape index (κ2) is 5.79. The maximum Gasteiger partial charge on any atom is 0.270 e. The van der Waals surface area contributed by atoms with Crippen LogP contribution in [0.3, 0.4) is 0 Å². The molecule has 0 radical (unpaired) electrons. The van der Waals surface area contributed by atoms with Crippen LogP contribution < -0.4 is 4.72 Å². The molecule has 0 saturated heterocycles. The zero-order valence-corrected chi connectivity index (χ0v) is 13.3. The standard InChI is InChI=1S/C12H15BrN2O4S/c1-8-5-6-9(15(16)17)7-12(8)20(18,19)14-11-4-2-3-10(11)13/h5-7,10-11,14H,2-4H2,1H3. The molecule has 1 aliphatic rings. The molecular weight excluding hydrogens is 348 g/mol. The number of aryl methyl sites for hydroxylation is 1. The summed E-state index contributed by atoms with van der Waals surface area (Å²) in [5.41, 5.74) is 0.269. The van der Waals surface area contributed by atoms with E-state index in [1.54, 1.807) is 6.92 Å². The maximum absolute atomic E-state index is 12.4. The van der Waals surface area contributed by atoms with E-state index in [1.807, 2.05) is 0 Å². The molecule has 0 spiro atoms. The van der Waals surface area contributed by atoms with Gasteiger partial charge in [-0.1, -0.05) is 28.4 Å². The maximum atomic E-state index is 12.4. The van der Waals surface area contributed by atoms with Gasteiger partial charge in [0.2, 0.25) is 10.0 Å². The first kappa shape index (κ1) is 15.4. The molecule has 1 saturated carbocycles. The van der Waals surface area contributed by atoms with Gasteiger partial charge in [0.15, 0.2) is 0 Å². The van der Waals surface area contributed by atoms with E-state index >= 15 is 0 Å². The van der Waals surface area contributed by atoms with Crippen LogP contribution in [0.2, 0.25) is 0 Å². The van der Waals surface area contributed by atoms with Crippen molar-refractivity contribution >= 4 is 31.6 Å². The first-order chi connectivity index (χ1) is 9.31. The largest absolute Gasteiger partial charge is 0.270 e. The van der Waals surface area contributed by atoms with Gasteiger partial charge in [0.1, 0.15) is 0 Å².